The van der Waals surface area contributed by atoms with Crippen molar-refractivity contribution < 1.29 is 0 Å². The van der Waals surface area contributed by atoms with E-state index in [0.717, 1.165) is 5.92 Å². The summed E-state index contributed by atoms with van der Waals surface area (Å²) in [5, 5.41) is 3.45. The Kier molecular flexibility index (Phi) is 3.20. The lowest BCUT2D eigenvalue weighted by atomic mass is 9.90. The molecule has 0 bridgehead atoms. The van der Waals surface area contributed by atoms with Gasteiger partial charge in [-0.2, -0.15) is 0 Å². The molecule has 1 N–H and O–H groups in total. The number of hydrogen-bond donors (Lipinski definition) is 1. The van der Waals surface area contributed by atoms with Crippen LogP contribution in [-0.4, -0.2) is 18.8 Å². The van der Waals surface area contributed by atoms with Gasteiger partial charge in [-0.1, -0.05) is 18.2 Å². The topological polar surface area (TPSA) is 12.0 Å². The van der Waals surface area contributed by atoms with Crippen LogP contribution < -0.4 is 5.32 Å². The Morgan fingerprint density at radius 1 is 1.25 bits per heavy atom. The molecule has 0 radical (unpaired) electrons. The van der Waals surface area contributed by atoms with Crippen LogP contribution in [0.5, 0.6) is 0 Å². The molecule has 86 valence electrons. The van der Waals surface area contributed by atoms with E-state index >= 15 is 0 Å². The molecule has 0 amide bonds. The van der Waals surface area contributed by atoms with E-state index in [-0.39, 0.29) is 0 Å². The van der Waals surface area contributed by atoms with Gasteiger partial charge in [-0.3, -0.25) is 0 Å². The number of benzene rings is 1. The van der Waals surface area contributed by atoms with Crippen molar-refractivity contribution in [2.75, 3.05) is 18.8 Å². The van der Waals surface area contributed by atoms with Crippen molar-refractivity contribution in [3.05, 3.63) is 29.3 Å². The highest BCUT2D eigenvalue weighted by Gasteiger charge is 2.19. The molecule has 2 heteroatoms. The minimum Gasteiger partial charge on any atom is -0.317 e. The highest BCUT2D eigenvalue weighted by Crippen LogP contribution is 2.35. The van der Waals surface area contributed by atoms with Gasteiger partial charge in [0, 0.05) is 10.6 Å². The number of aryl methyl sites for hydroxylation is 1. The third-order valence-electron chi connectivity index (χ3n) is 3.76. The number of rotatable bonds is 2. The van der Waals surface area contributed by atoms with E-state index in [2.05, 4.69) is 35.3 Å². The molecule has 2 heterocycles. The number of thioether (sulfide) groups is 1. The van der Waals surface area contributed by atoms with Gasteiger partial charge >= 0.3 is 0 Å². The van der Waals surface area contributed by atoms with Crippen LogP contribution in [0.3, 0.4) is 0 Å². The summed E-state index contributed by atoms with van der Waals surface area (Å²) < 4.78 is 0. The molecule has 0 aliphatic carbocycles. The summed E-state index contributed by atoms with van der Waals surface area (Å²) in [6.45, 7) is 2.43. The van der Waals surface area contributed by atoms with E-state index in [1.807, 2.05) is 0 Å². The first-order valence-electron chi connectivity index (χ1n) is 6.38. The Labute approximate surface area is 102 Å². The Bertz CT molecular complexity index is 369. The minimum atomic E-state index is 0.911. The zero-order valence-electron chi connectivity index (χ0n) is 9.67. The van der Waals surface area contributed by atoms with Crippen molar-refractivity contribution in [3.63, 3.8) is 0 Å². The van der Waals surface area contributed by atoms with Gasteiger partial charge in [-0.15, -0.1) is 11.8 Å². The Morgan fingerprint density at radius 3 is 3.00 bits per heavy atom. The molecule has 1 aromatic carbocycles. The lowest BCUT2D eigenvalue weighted by Gasteiger charge is -2.23. The fourth-order valence-electron chi connectivity index (χ4n) is 2.84. The van der Waals surface area contributed by atoms with Gasteiger partial charge in [-0.05, 0) is 55.8 Å². The largest absolute Gasteiger partial charge is 0.317 e. The van der Waals surface area contributed by atoms with E-state index in [1.165, 1.54) is 44.5 Å². The van der Waals surface area contributed by atoms with Crippen LogP contribution in [-0.2, 0) is 12.8 Å². The number of piperidine rings is 1. The summed E-state index contributed by atoms with van der Waals surface area (Å²) in [5.41, 5.74) is 3.21. The van der Waals surface area contributed by atoms with Crippen molar-refractivity contribution >= 4 is 11.8 Å². The highest BCUT2D eigenvalue weighted by molar-refractivity contribution is 7.99. The van der Waals surface area contributed by atoms with Crippen molar-refractivity contribution in [2.45, 2.75) is 30.6 Å². The molecule has 2 aliphatic rings. The summed E-state index contributed by atoms with van der Waals surface area (Å²) in [6.07, 6.45) is 5.29. The van der Waals surface area contributed by atoms with Gasteiger partial charge in [0.25, 0.3) is 0 Å². The fourth-order valence-corrected chi connectivity index (χ4v) is 4.06. The van der Waals surface area contributed by atoms with Crippen LogP contribution >= 0.6 is 11.8 Å². The van der Waals surface area contributed by atoms with E-state index in [9.17, 15) is 0 Å². The average Bonchev–Trinajstić information content (AvgIpc) is 2.80. The number of hydrogen-bond acceptors (Lipinski definition) is 2. The van der Waals surface area contributed by atoms with Gasteiger partial charge in [0.15, 0.2) is 0 Å². The number of nitrogens with one attached hydrogen (secondary N) is 1. The smallest absolute Gasteiger partial charge is 0.0137 e. The fraction of sp³-hybridized carbons (Fsp3) is 0.571. The summed E-state index contributed by atoms with van der Waals surface area (Å²) in [6, 6.07) is 6.90. The summed E-state index contributed by atoms with van der Waals surface area (Å²) >= 11 is 2.07. The molecule has 0 spiro atoms. The van der Waals surface area contributed by atoms with Gasteiger partial charge in [-0.25, -0.2) is 0 Å². The normalized spacial score (nSPS) is 21.0. The second-order valence-electron chi connectivity index (χ2n) is 4.90. The monoisotopic (exact) mass is 233 g/mol. The van der Waals surface area contributed by atoms with Crippen LogP contribution in [0.2, 0.25) is 0 Å². The van der Waals surface area contributed by atoms with Crippen molar-refractivity contribution in [3.8, 4) is 0 Å². The Balaban J connectivity index is 1.76. The molecule has 2 aliphatic heterocycles. The lowest BCUT2D eigenvalue weighted by Crippen LogP contribution is -2.28. The average molecular weight is 233 g/mol. The maximum absolute atomic E-state index is 3.45. The molecule has 3 rings (SSSR count). The molecule has 0 aromatic heterocycles. The lowest BCUT2D eigenvalue weighted by molar-refractivity contribution is 0.371. The van der Waals surface area contributed by atoms with Crippen LogP contribution in [0.25, 0.3) is 0 Å². The minimum absolute atomic E-state index is 0.911. The van der Waals surface area contributed by atoms with Gasteiger partial charge in [0.05, 0.1) is 0 Å². The van der Waals surface area contributed by atoms with E-state index in [4.69, 9.17) is 0 Å². The maximum atomic E-state index is 3.45. The molecule has 0 unspecified atom stereocenters. The van der Waals surface area contributed by atoms with E-state index in [0.29, 0.717) is 0 Å². The van der Waals surface area contributed by atoms with Crippen molar-refractivity contribution in [1.29, 1.82) is 0 Å². The molecular weight excluding hydrogens is 214 g/mol. The van der Waals surface area contributed by atoms with Crippen LogP contribution in [0.4, 0.5) is 0 Å². The standard InChI is InChI=1S/C14H19NS/c1-2-12-6-9-16-14(12)13(3-1)10-11-4-7-15-8-5-11/h1-3,11,15H,4-10H2. The molecule has 0 atom stereocenters. The number of fused-ring (bicyclic) bond motifs is 1. The van der Waals surface area contributed by atoms with E-state index < -0.39 is 0 Å². The van der Waals surface area contributed by atoms with Crippen molar-refractivity contribution in [2.24, 2.45) is 5.92 Å². The van der Waals surface area contributed by atoms with Crippen LogP contribution in [0.15, 0.2) is 23.1 Å². The van der Waals surface area contributed by atoms with Gasteiger partial charge < -0.3 is 5.32 Å². The van der Waals surface area contributed by atoms with E-state index in [1.54, 1.807) is 16.0 Å². The third-order valence-corrected chi connectivity index (χ3v) is 4.98. The first-order valence-corrected chi connectivity index (χ1v) is 7.36. The molecular formula is C14H19NS. The molecule has 0 saturated carbocycles. The molecule has 1 saturated heterocycles. The second-order valence-corrected chi connectivity index (χ2v) is 6.01. The predicted octanol–water partition coefficient (Wildman–Crippen LogP) is 2.88. The molecule has 1 aromatic rings. The summed E-state index contributed by atoms with van der Waals surface area (Å²) in [7, 11) is 0. The summed E-state index contributed by atoms with van der Waals surface area (Å²) in [4.78, 5) is 1.61. The highest BCUT2D eigenvalue weighted by atomic mass is 32.2. The zero-order chi connectivity index (χ0) is 10.8. The molecule has 1 nitrogen and oxygen atoms in total. The SMILES string of the molecule is c1cc2c(c(CC3CCNCC3)c1)SCC2. The van der Waals surface area contributed by atoms with Gasteiger partial charge in [0.2, 0.25) is 0 Å². The van der Waals surface area contributed by atoms with Crippen LogP contribution in [0, 0.1) is 5.92 Å². The third kappa shape index (κ3) is 2.14. The summed E-state index contributed by atoms with van der Waals surface area (Å²) in [5.74, 6) is 2.20. The molecule has 16 heavy (non-hydrogen) atoms. The first kappa shape index (κ1) is 10.7. The first-order chi connectivity index (χ1) is 7.93. The van der Waals surface area contributed by atoms with Gasteiger partial charge in [0.1, 0.15) is 0 Å². The van der Waals surface area contributed by atoms with Crippen LogP contribution in [0.1, 0.15) is 24.0 Å². The maximum Gasteiger partial charge on any atom is 0.0137 e. The second kappa shape index (κ2) is 4.80. The Hall–Kier alpha value is -0.470. The van der Waals surface area contributed by atoms with Crippen molar-refractivity contribution in [1.82, 2.24) is 5.32 Å². The quantitative estimate of drug-likeness (QED) is 0.843. The predicted molar refractivity (Wildman–Crippen MR) is 70.2 cm³/mol. The molecule has 1 fully saturated rings. The Morgan fingerprint density at radius 2 is 2.12 bits per heavy atom. The zero-order valence-corrected chi connectivity index (χ0v) is 10.5.